The predicted octanol–water partition coefficient (Wildman–Crippen LogP) is 5.79. The molecule has 0 aliphatic carbocycles. The average molecular weight is 499 g/mol. The van der Waals surface area contributed by atoms with E-state index in [2.05, 4.69) is 5.32 Å². The van der Waals surface area contributed by atoms with E-state index >= 15 is 0 Å². The van der Waals surface area contributed by atoms with Crippen LogP contribution in [0.3, 0.4) is 0 Å². The second-order valence-electron chi connectivity index (χ2n) is 8.97. The molecule has 0 radical (unpaired) electrons. The van der Waals surface area contributed by atoms with Crippen LogP contribution in [0.5, 0.6) is 0 Å². The largest absolute Gasteiger partial charge is 0.341 e. The Labute approximate surface area is 213 Å². The van der Waals surface area contributed by atoms with E-state index in [0.29, 0.717) is 11.3 Å². The second kappa shape index (κ2) is 10.8. The molecule has 1 amide bonds. The zero-order chi connectivity index (χ0) is 25.7. The molecule has 5 nitrogen and oxygen atoms in total. The normalized spacial score (nSPS) is 12.1. The first kappa shape index (κ1) is 25.2. The maximum atomic E-state index is 13.2. The third-order valence-corrected chi connectivity index (χ3v) is 7.35. The third kappa shape index (κ3) is 6.01. The van der Waals surface area contributed by atoms with Crippen LogP contribution in [0.1, 0.15) is 44.2 Å². The molecular formula is C30H30N2O3S. The van der Waals surface area contributed by atoms with Crippen molar-refractivity contribution in [3.8, 4) is 0 Å². The van der Waals surface area contributed by atoms with E-state index in [-0.39, 0.29) is 18.5 Å². The van der Waals surface area contributed by atoms with Gasteiger partial charge in [0.2, 0.25) is 10.0 Å². The van der Waals surface area contributed by atoms with Crippen LogP contribution in [-0.4, -0.2) is 20.6 Å². The van der Waals surface area contributed by atoms with Gasteiger partial charge in [0.1, 0.15) is 0 Å². The van der Waals surface area contributed by atoms with Crippen LogP contribution in [0.15, 0.2) is 103 Å². The summed E-state index contributed by atoms with van der Waals surface area (Å²) in [5.41, 5.74) is 6.02. The molecule has 0 aromatic heterocycles. The van der Waals surface area contributed by atoms with Gasteiger partial charge in [0.25, 0.3) is 5.91 Å². The van der Waals surface area contributed by atoms with Gasteiger partial charge in [-0.15, -0.1) is 0 Å². The van der Waals surface area contributed by atoms with Gasteiger partial charge in [-0.3, -0.25) is 9.10 Å². The van der Waals surface area contributed by atoms with Crippen molar-refractivity contribution in [2.75, 3.05) is 10.6 Å². The molecule has 4 rings (SSSR count). The molecule has 0 spiro atoms. The zero-order valence-corrected chi connectivity index (χ0v) is 21.5. The summed E-state index contributed by atoms with van der Waals surface area (Å²) in [4.78, 5) is 13.2. The Balaban J connectivity index is 1.58. The molecule has 4 aromatic rings. The van der Waals surface area contributed by atoms with Crippen molar-refractivity contribution in [1.82, 2.24) is 5.32 Å². The van der Waals surface area contributed by atoms with Crippen LogP contribution in [-0.2, 0) is 16.6 Å². The number of amides is 1. The molecule has 0 fully saturated rings. The topological polar surface area (TPSA) is 66.5 Å². The van der Waals surface area contributed by atoms with Crippen LogP contribution in [0.25, 0.3) is 0 Å². The maximum Gasteiger partial charge on any atom is 0.252 e. The summed E-state index contributed by atoms with van der Waals surface area (Å²) in [6.07, 6.45) is 1.19. The van der Waals surface area contributed by atoms with Crippen molar-refractivity contribution in [2.45, 2.75) is 26.4 Å². The van der Waals surface area contributed by atoms with Gasteiger partial charge in [-0.05, 0) is 60.4 Å². The molecular weight excluding hydrogens is 468 g/mol. The fourth-order valence-electron chi connectivity index (χ4n) is 4.10. The lowest BCUT2D eigenvalue weighted by atomic mass is 9.97. The molecule has 0 saturated carbocycles. The van der Waals surface area contributed by atoms with E-state index in [1.165, 1.54) is 10.6 Å². The molecule has 1 atom stereocenters. The Hall–Kier alpha value is -3.90. The van der Waals surface area contributed by atoms with E-state index in [0.717, 1.165) is 27.8 Å². The molecule has 0 heterocycles. The van der Waals surface area contributed by atoms with E-state index in [1.807, 2.05) is 92.7 Å². The Kier molecular flexibility index (Phi) is 7.55. The maximum absolute atomic E-state index is 13.2. The van der Waals surface area contributed by atoms with Gasteiger partial charge in [-0.25, -0.2) is 8.42 Å². The van der Waals surface area contributed by atoms with Gasteiger partial charge in [0.15, 0.2) is 0 Å². The number of aryl methyl sites for hydroxylation is 2. The van der Waals surface area contributed by atoms with Gasteiger partial charge in [0.05, 0.1) is 24.5 Å². The predicted molar refractivity (Wildman–Crippen MR) is 146 cm³/mol. The van der Waals surface area contributed by atoms with Crippen LogP contribution >= 0.6 is 0 Å². The van der Waals surface area contributed by atoms with Crippen molar-refractivity contribution >= 4 is 21.6 Å². The third-order valence-electron chi connectivity index (χ3n) is 6.21. The highest BCUT2D eigenvalue weighted by molar-refractivity contribution is 7.92. The summed E-state index contributed by atoms with van der Waals surface area (Å²) in [5, 5.41) is 3.14. The highest BCUT2D eigenvalue weighted by Gasteiger charge is 2.21. The lowest BCUT2D eigenvalue weighted by Crippen LogP contribution is -2.30. The Morgan fingerprint density at radius 3 is 1.97 bits per heavy atom. The minimum absolute atomic E-state index is 0.223. The van der Waals surface area contributed by atoms with Crippen molar-refractivity contribution in [2.24, 2.45) is 0 Å². The summed E-state index contributed by atoms with van der Waals surface area (Å²) >= 11 is 0. The number of benzene rings is 4. The smallest absolute Gasteiger partial charge is 0.252 e. The molecule has 0 aliphatic rings. The number of carbonyl (C=O) groups is 1. The summed E-state index contributed by atoms with van der Waals surface area (Å²) in [7, 11) is -3.53. The summed E-state index contributed by atoms with van der Waals surface area (Å²) in [5.74, 6) is -0.235. The van der Waals surface area contributed by atoms with Gasteiger partial charge >= 0.3 is 0 Å². The zero-order valence-electron chi connectivity index (χ0n) is 20.7. The fourth-order valence-corrected chi connectivity index (χ4v) is 4.98. The van der Waals surface area contributed by atoms with Gasteiger partial charge in [-0.2, -0.15) is 0 Å². The van der Waals surface area contributed by atoms with Gasteiger partial charge in [-0.1, -0.05) is 84.4 Å². The fraction of sp³-hybridized carbons (Fsp3) is 0.167. The van der Waals surface area contributed by atoms with Crippen molar-refractivity contribution < 1.29 is 13.2 Å². The average Bonchev–Trinajstić information content (AvgIpc) is 2.87. The Bertz CT molecular complexity index is 1430. The van der Waals surface area contributed by atoms with Crippen molar-refractivity contribution in [3.05, 3.63) is 137 Å². The number of carbonyl (C=O) groups excluding carboxylic acids is 1. The number of anilines is 1. The number of hydrogen-bond acceptors (Lipinski definition) is 3. The molecule has 0 bridgehead atoms. The van der Waals surface area contributed by atoms with E-state index in [9.17, 15) is 13.2 Å². The lowest BCUT2D eigenvalue weighted by Gasteiger charge is -2.24. The van der Waals surface area contributed by atoms with Gasteiger partial charge in [0, 0.05) is 5.56 Å². The minimum atomic E-state index is -3.53. The first-order chi connectivity index (χ1) is 17.2. The Morgan fingerprint density at radius 1 is 0.778 bits per heavy atom. The quantitative estimate of drug-likeness (QED) is 0.334. The molecule has 0 aliphatic heterocycles. The molecule has 1 N–H and O–H groups in total. The molecule has 4 aromatic carbocycles. The first-order valence-corrected chi connectivity index (χ1v) is 13.6. The number of hydrogen-bond donors (Lipinski definition) is 1. The van der Waals surface area contributed by atoms with Crippen LogP contribution in [0.2, 0.25) is 0 Å². The highest BCUT2D eigenvalue weighted by atomic mass is 32.2. The SMILES string of the molecule is Cc1ccc([C@@H](NC(=O)c2ccc(N(Cc3ccccc3C)S(C)(=O)=O)cc2)c2ccccc2)cc1. The molecule has 184 valence electrons. The summed E-state index contributed by atoms with van der Waals surface area (Å²) < 4.78 is 26.5. The number of sulfonamides is 1. The second-order valence-corrected chi connectivity index (χ2v) is 10.9. The highest BCUT2D eigenvalue weighted by Crippen LogP contribution is 2.25. The van der Waals surface area contributed by atoms with E-state index < -0.39 is 10.0 Å². The summed E-state index contributed by atoms with van der Waals surface area (Å²) in [6.45, 7) is 4.21. The lowest BCUT2D eigenvalue weighted by molar-refractivity contribution is 0.0943. The minimum Gasteiger partial charge on any atom is -0.341 e. The molecule has 36 heavy (non-hydrogen) atoms. The Morgan fingerprint density at radius 2 is 1.36 bits per heavy atom. The number of rotatable bonds is 8. The number of nitrogens with zero attached hydrogens (tertiary/aromatic N) is 1. The summed E-state index contributed by atoms with van der Waals surface area (Å²) in [6, 6.07) is 32.0. The van der Waals surface area contributed by atoms with Crippen LogP contribution < -0.4 is 9.62 Å². The van der Waals surface area contributed by atoms with Crippen LogP contribution in [0, 0.1) is 13.8 Å². The van der Waals surface area contributed by atoms with Crippen molar-refractivity contribution in [1.29, 1.82) is 0 Å². The standard InChI is InChI=1S/C30H30N2O3S/c1-22-13-15-25(16-14-22)29(24-10-5-4-6-11-24)31-30(33)26-17-19-28(20-18-26)32(36(3,34)35)21-27-12-8-7-9-23(27)2/h4-20,29H,21H2,1-3H3,(H,31,33)/t29-/m0/s1. The van der Waals surface area contributed by atoms with Gasteiger partial charge < -0.3 is 5.32 Å². The van der Waals surface area contributed by atoms with Crippen molar-refractivity contribution in [3.63, 3.8) is 0 Å². The number of nitrogens with one attached hydrogen (secondary N) is 1. The van der Waals surface area contributed by atoms with E-state index in [4.69, 9.17) is 0 Å². The first-order valence-electron chi connectivity index (χ1n) is 11.8. The van der Waals surface area contributed by atoms with Crippen LogP contribution in [0.4, 0.5) is 5.69 Å². The molecule has 6 heteroatoms. The monoisotopic (exact) mass is 498 g/mol. The molecule has 0 unspecified atom stereocenters. The molecule has 0 saturated heterocycles. The van der Waals surface area contributed by atoms with E-state index in [1.54, 1.807) is 24.3 Å².